The van der Waals surface area contributed by atoms with Gasteiger partial charge in [-0.25, -0.2) is 0 Å². The number of amides is 1. The van der Waals surface area contributed by atoms with Crippen molar-refractivity contribution in [3.05, 3.63) is 22.4 Å². The Balaban J connectivity index is 0.00000256. The van der Waals surface area contributed by atoms with Crippen LogP contribution in [0.25, 0.3) is 0 Å². The van der Waals surface area contributed by atoms with Crippen molar-refractivity contribution in [2.75, 3.05) is 7.05 Å². The number of thiophene rings is 1. The molecular formula is C12H21ClN2OS. The summed E-state index contributed by atoms with van der Waals surface area (Å²) in [6.45, 7) is 4.81. The molecule has 1 heterocycles. The van der Waals surface area contributed by atoms with Crippen molar-refractivity contribution in [3.63, 3.8) is 0 Å². The van der Waals surface area contributed by atoms with Crippen LogP contribution in [-0.2, 0) is 11.3 Å². The van der Waals surface area contributed by atoms with Gasteiger partial charge in [0.15, 0.2) is 0 Å². The maximum Gasteiger partial charge on any atom is 0.239 e. The minimum absolute atomic E-state index is 0. The second kappa shape index (κ2) is 7.69. The van der Waals surface area contributed by atoms with E-state index in [1.54, 1.807) is 16.2 Å². The molecule has 98 valence electrons. The van der Waals surface area contributed by atoms with Crippen molar-refractivity contribution in [1.82, 2.24) is 4.90 Å². The molecule has 0 aliphatic rings. The number of halogens is 1. The van der Waals surface area contributed by atoms with Gasteiger partial charge in [0.1, 0.15) is 0 Å². The van der Waals surface area contributed by atoms with E-state index in [2.05, 4.69) is 13.8 Å². The van der Waals surface area contributed by atoms with Crippen LogP contribution in [-0.4, -0.2) is 23.9 Å². The normalized spacial score (nSPS) is 12.1. The highest BCUT2D eigenvalue weighted by atomic mass is 35.5. The first kappa shape index (κ1) is 16.4. The first-order valence-corrected chi connectivity index (χ1v) is 6.41. The van der Waals surface area contributed by atoms with Crippen LogP contribution in [0.3, 0.4) is 0 Å². The summed E-state index contributed by atoms with van der Waals surface area (Å²) in [6.07, 6.45) is 0.744. The monoisotopic (exact) mass is 276 g/mol. The molecule has 17 heavy (non-hydrogen) atoms. The average molecular weight is 277 g/mol. The Morgan fingerprint density at radius 2 is 2.18 bits per heavy atom. The summed E-state index contributed by atoms with van der Waals surface area (Å²) in [7, 11) is 1.81. The van der Waals surface area contributed by atoms with Crippen molar-refractivity contribution in [2.45, 2.75) is 32.9 Å². The van der Waals surface area contributed by atoms with Gasteiger partial charge in [-0.15, -0.1) is 23.7 Å². The molecule has 1 rings (SSSR count). The van der Waals surface area contributed by atoms with Gasteiger partial charge < -0.3 is 10.6 Å². The zero-order valence-electron chi connectivity index (χ0n) is 10.6. The SMILES string of the molecule is CC(C)CC(N)C(=O)N(C)Cc1cccs1.Cl. The van der Waals surface area contributed by atoms with Crippen LogP contribution in [0, 0.1) is 5.92 Å². The molecule has 3 nitrogen and oxygen atoms in total. The van der Waals surface area contributed by atoms with Crippen LogP contribution in [0.1, 0.15) is 25.1 Å². The summed E-state index contributed by atoms with van der Waals surface area (Å²) in [5.74, 6) is 0.483. The van der Waals surface area contributed by atoms with E-state index in [0.717, 1.165) is 6.42 Å². The van der Waals surface area contributed by atoms with Crippen molar-refractivity contribution in [1.29, 1.82) is 0 Å². The minimum Gasteiger partial charge on any atom is -0.339 e. The van der Waals surface area contributed by atoms with E-state index in [1.807, 2.05) is 24.6 Å². The number of carbonyl (C=O) groups excluding carboxylic acids is 1. The lowest BCUT2D eigenvalue weighted by Crippen LogP contribution is -2.42. The smallest absolute Gasteiger partial charge is 0.239 e. The van der Waals surface area contributed by atoms with Gasteiger partial charge in [0.2, 0.25) is 5.91 Å². The molecule has 2 N–H and O–H groups in total. The van der Waals surface area contributed by atoms with E-state index < -0.39 is 0 Å². The Kier molecular flexibility index (Phi) is 7.43. The molecule has 0 aliphatic carbocycles. The third kappa shape index (κ3) is 5.52. The Labute approximate surface area is 113 Å². The number of carbonyl (C=O) groups is 1. The van der Waals surface area contributed by atoms with Crippen LogP contribution in [0.2, 0.25) is 0 Å². The Hall–Kier alpha value is -0.580. The van der Waals surface area contributed by atoms with Crippen LogP contribution in [0.5, 0.6) is 0 Å². The fraction of sp³-hybridized carbons (Fsp3) is 0.583. The zero-order valence-corrected chi connectivity index (χ0v) is 12.2. The number of likely N-dealkylation sites (N-methyl/N-ethyl adjacent to an activating group) is 1. The highest BCUT2D eigenvalue weighted by molar-refractivity contribution is 7.09. The second-order valence-electron chi connectivity index (χ2n) is 4.51. The maximum absolute atomic E-state index is 11.9. The molecule has 0 aromatic carbocycles. The van der Waals surface area contributed by atoms with E-state index in [-0.39, 0.29) is 24.4 Å². The van der Waals surface area contributed by atoms with E-state index in [4.69, 9.17) is 5.73 Å². The Morgan fingerprint density at radius 1 is 1.53 bits per heavy atom. The molecule has 1 aromatic rings. The molecule has 5 heteroatoms. The first-order chi connectivity index (χ1) is 7.50. The molecule has 1 atom stereocenters. The third-order valence-corrected chi connectivity index (χ3v) is 3.25. The molecule has 0 radical (unpaired) electrons. The Morgan fingerprint density at radius 3 is 2.65 bits per heavy atom. The lowest BCUT2D eigenvalue weighted by molar-refractivity contribution is -0.132. The van der Waals surface area contributed by atoms with Crippen molar-refractivity contribution >= 4 is 29.7 Å². The molecule has 0 bridgehead atoms. The predicted octanol–water partition coefficient (Wildman–Crippen LogP) is 2.50. The van der Waals surface area contributed by atoms with E-state index in [0.29, 0.717) is 12.5 Å². The molecule has 1 unspecified atom stereocenters. The largest absolute Gasteiger partial charge is 0.339 e. The summed E-state index contributed by atoms with van der Waals surface area (Å²) < 4.78 is 0. The highest BCUT2D eigenvalue weighted by Gasteiger charge is 2.19. The predicted molar refractivity (Wildman–Crippen MR) is 75.5 cm³/mol. The third-order valence-electron chi connectivity index (χ3n) is 2.39. The fourth-order valence-electron chi connectivity index (χ4n) is 1.61. The molecular weight excluding hydrogens is 256 g/mol. The van der Waals surface area contributed by atoms with Gasteiger partial charge in [0.25, 0.3) is 0 Å². The average Bonchev–Trinajstić information content (AvgIpc) is 2.68. The highest BCUT2D eigenvalue weighted by Crippen LogP contribution is 2.12. The van der Waals surface area contributed by atoms with Crippen LogP contribution in [0.4, 0.5) is 0 Å². The Bertz CT molecular complexity index is 327. The molecule has 0 saturated heterocycles. The second-order valence-corrected chi connectivity index (χ2v) is 5.54. The number of nitrogens with two attached hydrogens (primary N) is 1. The zero-order chi connectivity index (χ0) is 12.1. The van der Waals surface area contributed by atoms with Gasteiger partial charge in [0, 0.05) is 11.9 Å². The van der Waals surface area contributed by atoms with E-state index in [9.17, 15) is 4.79 Å². The van der Waals surface area contributed by atoms with Crippen LogP contribution >= 0.6 is 23.7 Å². The number of hydrogen-bond acceptors (Lipinski definition) is 3. The maximum atomic E-state index is 11.9. The van der Waals surface area contributed by atoms with Crippen LogP contribution in [0.15, 0.2) is 17.5 Å². The summed E-state index contributed by atoms with van der Waals surface area (Å²) in [4.78, 5) is 14.8. The molecule has 1 amide bonds. The molecule has 0 saturated carbocycles. The quantitative estimate of drug-likeness (QED) is 0.898. The molecule has 0 aliphatic heterocycles. The lowest BCUT2D eigenvalue weighted by Gasteiger charge is -2.21. The number of nitrogens with zero attached hydrogens (tertiary/aromatic N) is 1. The topological polar surface area (TPSA) is 46.3 Å². The minimum atomic E-state index is -0.370. The molecule has 0 fully saturated rings. The van der Waals surface area contributed by atoms with Crippen LogP contribution < -0.4 is 5.73 Å². The summed E-state index contributed by atoms with van der Waals surface area (Å²) in [6, 6.07) is 3.65. The van der Waals surface area contributed by atoms with E-state index >= 15 is 0 Å². The van der Waals surface area contributed by atoms with Crippen molar-refractivity contribution < 1.29 is 4.79 Å². The summed E-state index contributed by atoms with van der Waals surface area (Å²) >= 11 is 1.66. The first-order valence-electron chi connectivity index (χ1n) is 5.53. The summed E-state index contributed by atoms with van der Waals surface area (Å²) in [5.41, 5.74) is 5.86. The van der Waals surface area contributed by atoms with Crippen molar-refractivity contribution in [3.8, 4) is 0 Å². The summed E-state index contributed by atoms with van der Waals surface area (Å²) in [5, 5.41) is 2.02. The molecule has 0 spiro atoms. The van der Waals surface area contributed by atoms with Gasteiger partial charge in [-0.1, -0.05) is 19.9 Å². The number of hydrogen-bond donors (Lipinski definition) is 1. The fourth-order valence-corrected chi connectivity index (χ4v) is 2.36. The standard InChI is InChI=1S/C12H20N2OS.ClH/c1-9(2)7-11(13)12(15)14(3)8-10-5-4-6-16-10;/h4-6,9,11H,7-8,13H2,1-3H3;1H. The van der Waals surface area contributed by atoms with Gasteiger partial charge in [-0.3, -0.25) is 4.79 Å². The van der Waals surface area contributed by atoms with Gasteiger partial charge in [-0.05, 0) is 23.8 Å². The van der Waals surface area contributed by atoms with Gasteiger partial charge in [0.05, 0.1) is 12.6 Å². The number of rotatable bonds is 5. The van der Waals surface area contributed by atoms with Gasteiger partial charge >= 0.3 is 0 Å². The van der Waals surface area contributed by atoms with Crippen molar-refractivity contribution in [2.24, 2.45) is 11.7 Å². The molecule has 1 aromatic heterocycles. The van der Waals surface area contributed by atoms with E-state index in [1.165, 1.54) is 4.88 Å². The van der Waals surface area contributed by atoms with Gasteiger partial charge in [-0.2, -0.15) is 0 Å². The lowest BCUT2D eigenvalue weighted by atomic mass is 10.0.